The molecule has 0 aromatic heterocycles. The van der Waals surface area contributed by atoms with Crippen LogP contribution in [0.25, 0.3) is 0 Å². The summed E-state index contributed by atoms with van der Waals surface area (Å²) in [5.41, 5.74) is 0. The van der Waals surface area contributed by atoms with Gasteiger partial charge >= 0.3 is 0 Å². The monoisotopic (exact) mass is 265 g/mol. The summed E-state index contributed by atoms with van der Waals surface area (Å²) in [6, 6.07) is 1.63. The summed E-state index contributed by atoms with van der Waals surface area (Å²) >= 11 is 0. The van der Waals surface area contributed by atoms with Crippen LogP contribution in [0.15, 0.2) is 0 Å². The molecule has 5 atom stereocenters. The van der Waals surface area contributed by atoms with E-state index < -0.39 is 0 Å². The topological polar surface area (TPSA) is 12.0 Å². The summed E-state index contributed by atoms with van der Waals surface area (Å²) < 4.78 is 0. The highest BCUT2D eigenvalue weighted by Gasteiger charge is 2.28. The van der Waals surface area contributed by atoms with Crippen molar-refractivity contribution in [1.82, 2.24) is 5.32 Å². The van der Waals surface area contributed by atoms with Crippen molar-refractivity contribution >= 4 is 0 Å². The van der Waals surface area contributed by atoms with E-state index >= 15 is 0 Å². The van der Waals surface area contributed by atoms with Gasteiger partial charge in [0.25, 0.3) is 0 Å². The van der Waals surface area contributed by atoms with E-state index in [-0.39, 0.29) is 0 Å². The van der Waals surface area contributed by atoms with E-state index in [2.05, 4.69) is 26.1 Å². The normalized spacial score (nSPS) is 40.9. The van der Waals surface area contributed by atoms with Crippen LogP contribution in [0.5, 0.6) is 0 Å². The predicted molar refractivity (Wildman–Crippen MR) is 84.4 cm³/mol. The van der Waals surface area contributed by atoms with E-state index in [4.69, 9.17) is 0 Å². The molecule has 0 bridgehead atoms. The lowest BCUT2D eigenvalue weighted by Crippen LogP contribution is -2.44. The Morgan fingerprint density at radius 3 is 2.53 bits per heavy atom. The van der Waals surface area contributed by atoms with E-state index in [0.29, 0.717) is 0 Å². The van der Waals surface area contributed by atoms with Crippen molar-refractivity contribution in [3.63, 3.8) is 0 Å². The zero-order valence-electron chi connectivity index (χ0n) is 13.5. The maximum atomic E-state index is 4.03. The zero-order chi connectivity index (χ0) is 13.7. The van der Waals surface area contributed by atoms with Gasteiger partial charge in [-0.3, -0.25) is 0 Å². The van der Waals surface area contributed by atoms with Crippen LogP contribution >= 0.6 is 0 Å². The molecule has 19 heavy (non-hydrogen) atoms. The van der Waals surface area contributed by atoms with Crippen LogP contribution in [0.2, 0.25) is 0 Å². The quantitative estimate of drug-likeness (QED) is 0.693. The molecule has 0 amide bonds. The minimum atomic E-state index is 0.809. The average Bonchev–Trinajstić information content (AvgIpc) is 2.59. The molecular weight excluding hydrogens is 230 g/mol. The fourth-order valence-corrected chi connectivity index (χ4v) is 4.46. The summed E-state index contributed by atoms with van der Waals surface area (Å²) in [5, 5.41) is 4.03. The summed E-state index contributed by atoms with van der Waals surface area (Å²) in [6.07, 6.45) is 14.4. The maximum absolute atomic E-state index is 4.03. The second kappa shape index (κ2) is 7.67. The molecule has 2 fully saturated rings. The molecule has 1 N–H and O–H groups in total. The van der Waals surface area contributed by atoms with Gasteiger partial charge in [0, 0.05) is 12.1 Å². The zero-order valence-corrected chi connectivity index (χ0v) is 13.5. The summed E-state index contributed by atoms with van der Waals surface area (Å²) in [7, 11) is 0. The first-order valence-electron chi connectivity index (χ1n) is 8.95. The fraction of sp³-hybridized carbons (Fsp3) is 1.00. The number of hydrogen-bond acceptors (Lipinski definition) is 1. The molecule has 0 saturated heterocycles. The Bertz CT molecular complexity index is 250. The van der Waals surface area contributed by atoms with Crippen LogP contribution in [0.3, 0.4) is 0 Å². The van der Waals surface area contributed by atoms with Crippen molar-refractivity contribution in [2.24, 2.45) is 17.8 Å². The molecule has 5 unspecified atom stereocenters. The highest BCUT2D eigenvalue weighted by Crippen LogP contribution is 2.31. The molecule has 0 radical (unpaired) electrons. The van der Waals surface area contributed by atoms with Gasteiger partial charge in [0.1, 0.15) is 0 Å². The molecular formula is C18H35N. The predicted octanol–water partition coefficient (Wildman–Crippen LogP) is 5.15. The van der Waals surface area contributed by atoms with Crippen molar-refractivity contribution in [3.8, 4) is 0 Å². The van der Waals surface area contributed by atoms with Crippen LogP contribution in [0.1, 0.15) is 85.0 Å². The molecule has 2 saturated carbocycles. The Hall–Kier alpha value is -0.0400. The number of nitrogens with one attached hydrogen (secondary N) is 1. The molecule has 0 aliphatic heterocycles. The standard InChI is InChI=1S/C18H35N/c1-4-6-16-7-5-8-17(11-10-16)19-18-12-9-14(2)13-15(18)3/h14-19H,4-13H2,1-3H3. The van der Waals surface area contributed by atoms with Gasteiger partial charge in [0.2, 0.25) is 0 Å². The highest BCUT2D eigenvalue weighted by molar-refractivity contribution is 4.85. The van der Waals surface area contributed by atoms with Gasteiger partial charge in [-0.1, -0.05) is 46.5 Å². The van der Waals surface area contributed by atoms with Gasteiger partial charge in [-0.25, -0.2) is 0 Å². The smallest absolute Gasteiger partial charge is 0.00954 e. The molecule has 0 spiro atoms. The van der Waals surface area contributed by atoms with Crippen molar-refractivity contribution in [2.75, 3.05) is 0 Å². The van der Waals surface area contributed by atoms with E-state index in [1.165, 1.54) is 64.2 Å². The third-order valence-electron chi connectivity index (χ3n) is 5.67. The summed E-state index contributed by atoms with van der Waals surface area (Å²) in [4.78, 5) is 0. The Balaban J connectivity index is 1.76. The van der Waals surface area contributed by atoms with Gasteiger partial charge in [-0.15, -0.1) is 0 Å². The summed E-state index contributed by atoms with van der Waals surface area (Å²) in [5.74, 6) is 2.87. The molecule has 2 aliphatic rings. The molecule has 0 aromatic carbocycles. The Morgan fingerprint density at radius 2 is 1.79 bits per heavy atom. The van der Waals surface area contributed by atoms with Crippen LogP contribution in [0.4, 0.5) is 0 Å². The largest absolute Gasteiger partial charge is 0.311 e. The first kappa shape index (κ1) is 15.4. The minimum Gasteiger partial charge on any atom is -0.311 e. The fourth-order valence-electron chi connectivity index (χ4n) is 4.46. The van der Waals surface area contributed by atoms with Gasteiger partial charge in [-0.05, 0) is 56.3 Å². The van der Waals surface area contributed by atoms with Gasteiger partial charge in [-0.2, -0.15) is 0 Å². The SMILES string of the molecule is CCCC1CCCC(NC2CCC(C)CC2C)CC1. The number of hydrogen-bond donors (Lipinski definition) is 1. The molecule has 0 aromatic rings. The first-order chi connectivity index (χ1) is 9.19. The third-order valence-corrected chi connectivity index (χ3v) is 5.67. The van der Waals surface area contributed by atoms with Crippen molar-refractivity contribution in [3.05, 3.63) is 0 Å². The van der Waals surface area contributed by atoms with E-state index in [9.17, 15) is 0 Å². The molecule has 1 heteroatoms. The van der Waals surface area contributed by atoms with Crippen LogP contribution in [-0.2, 0) is 0 Å². The molecule has 2 rings (SSSR count). The van der Waals surface area contributed by atoms with Gasteiger partial charge < -0.3 is 5.32 Å². The van der Waals surface area contributed by atoms with Crippen molar-refractivity contribution in [2.45, 2.75) is 97.1 Å². The average molecular weight is 265 g/mol. The van der Waals surface area contributed by atoms with E-state index in [1.807, 2.05) is 0 Å². The molecule has 112 valence electrons. The minimum absolute atomic E-state index is 0.809. The van der Waals surface area contributed by atoms with Crippen molar-refractivity contribution < 1.29 is 0 Å². The van der Waals surface area contributed by atoms with E-state index in [1.54, 1.807) is 0 Å². The lowest BCUT2D eigenvalue weighted by molar-refractivity contribution is 0.207. The Morgan fingerprint density at radius 1 is 0.947 bits per heavy atom. The lowest BCUT2D eigenvalue weighted by atomic mass is 9.79. The third kappa shape index (κ3) is 4.77. The Kier molecular flexibility index (Phi) is 6.19. The second-order valence-electron chi connectivity index (χ2n) is 7.53. The maximum Gasteiger partial charge on any atom is 0.00954 e. The summed E-state index contributed by atoms with van der Waals surface area (Å²) in [6.45, 7) is 7.23. The second-order valence-corrected chi connectivity index (χ2v) is 7.53. The van der Waals surface area contributed by atoms with Crippen LogP contribution < -0.4 is 5.32 Å². The number of rotatable bonds is 4. The molecule has 2 aliphatic carbocycles. The molecule has 1 nitrogen and oxygen atoms in total. The van der Waals surface area contributed by atoms with Crippen LogP contribution in [0, 0.1) is 17.8 Å². The lowest BCUT2D eigenvalue weighted by Gasteiger charge is -2.36. The highest BCUT2D eigenvalue weighted by atomic mass is 15.0. The van der Waals surface area contributed by atoms with Gasteiger partial charge in [0.05, 0.1) is 0 Å². The van der Waals surface area contributed by atoms with Crippen LogP contribution in [-0.4, -0.2) is 12.1 Å². The molecule has 0 heterocycles. The van der Waals surface area contributed by atoms with Gasteiger partial charge in [0.15, 0.2) is 0 Å². The van der Waals surface area contributed by atoms with E-state index in [0.717, 1.165) is 29.8 Å². The Labute approximate surface area is 120 Å². The first-order valence-corrected chi connectivity index (χ1v) is 8.95. The van der Waals surface area contributed by atoms with Crippen molar-refractivity contribution in [1.29, 1.82) is 0 Å².